The first kappa shape index (κ1) is 18.5. The monoisotopic (exact) mass is 397 g/mol. The van der Waals surface area contributed by atoms with Crippen LogP contribution >= 0.6 is 0 Å². The van der Waals surface area contributed by atoms with Crippen molar-refractivity contribution >= 4 is 16.1 Å². The molecule has 0 aliphatic carbocycles. The van der Waals surface area contributed by atoms with Gasteiger partial charge in [0.25, 0.3) is 0 Å². The number of fused-ring (bicyclic) bond motifs is 1. The molecule has 3 heterocycles. The molecule has 28 heavy (non-hydrogen) atoms. The number of anilines is 1. The molecule has 4 rings (SSSR count). The van der Waals surface area contributed by atoms with Gasteiger partial charge in [-0.1, -0.05) is 4.21 Å². The van der Waals surface area contributed by atoms with Gasteiger partial charge in [0.1, 0.15) is 18.7 Å². The lowest BCUT2D eigenvalue weighted by Gasteiger charge is -2.19. The van der Waals surface area contributed by atoms with Gasteiger partial charge in [-0.15, -0.1) is 0 Å². The third-order valence-corrected chi connectivity index (χ3v) is 5.72. The average Bonchev–Trinajstić information content (AvgIpc) is 2.90. The maximum Gasteiger partial charge on any atom is 0.184 e. The molecule has 1 atom stereocenters. The Balaban J connectivity index is 1.52. The molecule has 3 aromatic rings. The van der Waals surface area contributed by atoms with Crippen LogP contribution in [0.2, 0.25) is 0 Å². The molecule has 0 saturated carbocycles. The summed E-state index contributed by atoms with van der Waals surface area (Å²) in [7, 11) is -3.72. The zero-order valence-electron chi connectivity index (χ0n) is 15.0. The van der Waals surface area contributed by atoms with Crippen LogP contribution in [0.1, 0.15) is 11.1 Å². The molecule has 1 aliphatic rings. The zero-order valence-corrected chi connectivity index (χ0v) is 15.8. The van der Waals surface area contributed by atoms with Gasteiger partial charge < -0.3 is 9.29 Å². The van der Waals surface area contributed by atoms with Crippen molar-refractivity contribution in [2.24, 2.45) is 0 Å². The lowest BCUT2D eigenvalue weighted by Crippen LogP contribution is -2.25. The minimum Gasteiger partial charge on any atom is -0.588 e. The van der Waals surface area contributed by atoms with Crippen molar-refractivity contribution in [3.63, 3.8) is 0 Å². The number of pyridine rings is 1. The van der Waals surface area contributed by atoms with E-state index in [4.69, 9.17) is 4.74 Å². The second kappa shape index (κ2) is 8.01. The van der Waals surface area contributed by atoms with Crippen LogP contribution in [0.25, 0.3) is 0 Å². The van der Waals surface area contributed by atoms with Crippen molar-refractivity contribution in [3.05, 3.63) is 72.6 Å². The van der Waals surface area contributed by atoms with Gasteiger partial charge in [0.15, 0.2) is 15.3 Å². The maximum absolute atomic E-state index is 12.7. The first-order valence-electron chi connectivity index (χ1n) is 8.75. The van der Waals surface area contributed by atoms with E-state index in [0.717, 1.165) is 17.7 Å². The van der Waals surface area contributed by atoms with Crippen molar-refractivity contribution in [3.8, 4) is 5.75 Å². The summed E-state index contributed by atoms with van der Waals surface area (Å²) in [6.07, 6.45) is 8.13. The number of sulfonamides is 1. The van der Waals surface area contributed by atoms with Gasteiger partial charge in [-0.05, 0) is 24.3 Å². The summed E-state index contributed by atoms with van der Waals surface area (Å²) in [5.74, 6) is 0.584. The Morgan fingerprint density at radius 2 is 2.04 bits per heavy atom. The van der Waals surface area contributed by atoms with E-state index in [-0.39, 0.29) is 4.90 Å². The summed E-state index contributed by atoms with van der Waals surface area (Å²) >= 11 is 0. The fourth-order valence-electron chi connectivity index (χ4n) is 3.01. The van der Waals surface area contributed by atoms with Gasteiger partial charge in [-0.2, -0.15) is 0 Å². The number of rotatable bonds is 5. The number of hydrogen-bond donors (Lipinski definition) is 1. The maximum atomic E-state index is 12.7. The fourth-order valence-corrected chi connectivity index (χ4v) is 4.07. The van der Waals surface area contributed by atoms with Gasteiger partial charge in [0.05, 0.1) is 11.9 Å². The van der Waals surface area contributed by atoms with E-state index in [0.29, 0.717) is 31.1 Å². The lowest BCUT2D eigenvalue weighted by atomic mass is 10.2. The molecule has 144 valence electrons. The third kappa shape index (κ3) is 4.33. The molecular formula is C19H19N5O3S. The van der Waals surface area contributed by atoms with Crippen LogP contribution in [0.5, 0.6) is 5.75 Å². The number of ether oxygens (including phenoxy) is 1. The number of benzene rings is 1. The molecule has 0 amide bonds. The Morgan fingerprint density at radius 1 is 1.18 bits per heavy atom. The van der Waals surface area contributed by atoms with Crippen LogP contribution in [0.4, 0.5) is 5.69 Å². The van der Waals surface area contributed by atoms with E-state index in [1.165, 1.54) is 12.5 Å². The summed E-state index contributed by atoms with van der Waals surface area (Å²) in [4.78, 5) is 14.4. The molecule has 0 fully saturated rings. The number of hydrogen-bond acceptors (Lipinski definition) is 7. The molecule has 0 saturated heterocycles. The highest BCUT2D eigenvalue weighted by Crippen LogP contribution is 2.29. The highest BCUT2D eigenvalue weighted by Gasteiger charge is 2.24. The highest BCUT2D eigenvalue weighted by molar-refractivity contribution is 7.98. The van der Waals surface area contributed by atoms with Crippen molar-refractivity contribution in [2.75, 3.05) is 17.9 Å². The molecule has 0 radical (unpaired) electrons. The smallest absolute Gasteiger partial charge is 0.184 e. The summed E-state index contributed by atoms with van der Waals surface area (Å²) in [5, 5.41) is 0. The van der Waals surface area contributed by atoms with Crippen LogP contribution in [0, 0.1) is 0 Å². The van der Waals surface area contributed by atoms with Crippen LogP contribution in [-0.4, -0.2) is 37.6 Å². The van der Waals surface area contributed by atoms with Crippen LogP contribution < -0.4 is 9.46 Å². The van der Waals surface area contributed by atoms with Gasteiger partial charge >= 0.3 is 0 Å². The Bertz CT molecular complexity index is 987. The van der Waals surface area contributed by atoms with Crippen molar-refractivity contribution in [2.45, 2.75) is 18.0 Å². The molecule has 0 spiro atoms. The number of aromatic nitrogens is 3. The van der Waals surface area contributed by atoms with E-state index in [9.17, 15) is 8.76 Å². The molecule has 9 heteroatoms. The van der Waals surface area contributed by atoms with E-state index < -0.39 is 10.4 Å². The molecule has 0 bridgehead atoms. The van der Waals surface area contributed by atoms with E-state index in [1.807, 2.05) is 0 Å². The minimum absolute atomic E-state index is 0.153. The summed E-state index contributed by atoms with van der Waals surface area (Å²) in [6, 6.07) is 8.28. The third-order valence-electron chi connectivity index (χ3n) is 4.34. The van der Waals surface area contributed by atoms with E-state index in [1.54, 1.807) is 48.9 Å². The molecular weight excluding hydrogens is 378 g/mol. The quantitative estimate of drug-likeness (QED) is 0.659. The first-order chi connectivity index (χ1) is 13.6. The molecule has 8 nitrogen and oxygen atoms in total. The van der Waals surface area contributed by atoms with Crippen LogP contribution in [-0.2, 0) is 27.7 Å². The van der Waals surface area contributed by atoms with E-state index >= 15 is 0 Å². The van der Waals surface area contributed by atoms with Gasteiger partial charge in [-0.3, -0.25) is 9.88 Å². The number of nitrogens with zero attached hydrogens (tertiary/aromatic N) is 4. The predicted molar refractivity (Wildman–Crippen MR) is 103 cm³/mol. The lowest BCUT2D eigenvalue weighted by molar-refractivity contribution is 0.219. The van der Waals surface area contributed by atoms with Gasteiger partial charge in [-0.25, -0.2) is 14.7 Å². The van der Waals surface area contributed by atoms with E-state index in [2.05, 4.69) is 24.6 Å². The summed E-state index contributed by atoms with van der Waals surface area (Å²) < 4.78 is 33.7. The number of nitrogens with one attached hydrogen (secondary N) is 1. The average molecular weight is 397 g/mol. The summed E-state index contributed by atoms with van der Waals surface area (Å²) in [5.41, 5.74) is 2.37. The Hall–Kier alpha value is -2.88. The minimum atomic E-state index is -3.72. The fraction of sp³-hybridized carbons (Fsp3) is 0.211. The predicted octanol–water partition coefficient (Wildman–Crippen LogP) is 2.28. The van der Waals surface area contributed by atoms with Gasteiger partial charge in [0.2, 0.25) is 0 Å². The van der Waals surface area contributed by atoms with Crippen molar-refractivity contribution < 1.29 is 13.5 Å². The second-order valence-corrected chi connectivity index (χ2v) is 8.10. The second-order valence-electron chi connectivity index (χ2n) is 6.42. The normalized spacial score (nSPS) is 16.3. The molecule has 1 unspecified atom stereocenters. The Kier molecular flexibility index (Phi) is 5.29. The first-order valence-corrected chi connectivity index (χ1v) is 10.2. The zero-order chi connectivity index (χ0) is 19.4. The van der Waals surface area contributed by atoms with Crippen molar-refractivity contribution in [1.29, 1.82) is 0 Å². The molecule has 1 aliphatic heterocycles. The standard InChI is InChI=1S/C19H19N5O3S/c25-28(26,23-17-2-1-5-20-11-17)18-4-3-16-13-24(6-7-27-19(16)8-18)12-15-9-21-14-22-10-15/h1-5,8-11,14H,6-7,12-13H2,(H-,23,25,26). The largest absolute Gasteiger partial charge is 0.588 e. The van der Waals surface area contributed by atoms with Crippen LogP contribution in [0.3, 0.4) is 0 Å². The molecule has 1 N–H and O–H groups in total. The SMILES string of the molecule is O=[S+]([O-])(Nc1cccnc1)c1ccc2c(c1)OCCN(Cc1cncnc1)C2. The highest BCUT2D eigenvalue weighted by atomic mass is 32.3. The molecule has 1 aromatic carbocycles. The topological polar surface area (TPSA) is 103 Å². The Morgan fingerprint density at radius 3 is 2.82 bits per heavy atom. The van der Waals surface area contributed by atoms with Crippen LogP contribution in [0.15, 0.2) is 66.3 Å². The van der Waals surface area contributed by atoms with Crippen molar-refractivity contribution in [1.82, 2.24) is 19.9 Å². The Labute approximate surface area is 164 Å². The summed E-state index contributed by atoms with van der Waals surface area (Å²) in [6.45, 7) is 2.55. The van der Waals surface area contributed by atoms with Gasteiger partial charge in [0, 0.05) is 55.4 Å². The molecule has 2 aromatic heterocycles.